The van der Waals surface area contributed by atoms with Gasteiger partial charge in [-0.1, -0.05) is 0 Å². The molecule has 2 rings (SSSR count). The molecule has 0 aromatic carbocycles. The topological polar surface area (TPSA) is 53.1 Å². The molecule has 2 saturated heterocycles. The molecule has 2 fully saturated rings. The Bertz CT molecular complexity index is 459. The summed E-state index contributed by atoms with van der Waals surface area (Å²) < 4.78 is 5.50. The van der Waals surface area contributed by atoms with Gasteiger partial charge in [0.1, 0.15) is 5.60 Å². The smallest absolute Gasteiger partial charge is 0.410 e. The van der Waals surface area contributed by atoms with Crippen LogP contribution < -0.4 is 0 Å². The van der Waals surface area contributed by atoms with Gasteiger partial charge in [0.05, 0.1) is 6.04 Å². The fourth-order valence-corrected chi connectivity index (χ4v) is 3.66. The molecule has 0 N–H and O–H groups in total. The third kappa shape index (κ3) is 5.10. The number of ether oxygens (including phenoxy) is 1. The van der Waals surface area contributed by atoms with Gasteiger partial charge in [-0.15, -0.1) is 0 Å². The van der Waals surface area contributed by atoms with E-state index in [-0.39, 0.29) is 18.0 Å². The van der Waals surface area contributed by atoms with Crippen LogP contribution in [0, 0.1) is 5.92 Å². The molecule has 2 aliphatic rings. The van der Waals surface area contributed by atoms with E-state index in [1.54, 1.807) is 4.90 Å². The van der Waals surface area contributed by atoms with Gasteiger partial charge in [0.25, 0.3) is 0 Å². The number of carbonyl (C=O) groups is 2. The third-order valence-electron chi connectivity index (χ3n) is 4.75. The van der Waals surface area contributed by atoms with Crippen LogP contribution in [0.1, 0.15) is 46.5 Å². The summed E-state index contributed by atoms with van der Waals surface area (Å²) in [6.07, 6.45) is 3.92. The van der Waals surface area contributed by atoms with Gasteiger partial charge in [0, 0.05) is 33.7 Å². The Kier molecular flexibility index (Phi) is 6.12. The van der Waals surface area contributed by atoms with Crippen LogP contribution in [0.2, 0.25) is 0 Å². The van der Waals surface area contributed by atoms with Crippen LogP contribution in [0.5, 0.6) is 0 Å². The van der Waals surface area contributed by atoms with Crippen LogP contribution in [-0.2, 0) is 9.53 Å². The summed E-state index contributed by atoms with van der Waals surface area (Å²) in [5.41, 5.74) is -0.456. The average molecular weight is 339 g/mol. The van der Waals surface area contributed by atoms with Crippen molar-refractivity contribution in [1.29, 1.82) is 0 Å². The molecule has 0 aromatic rings. The minimum atomic E-state index is -0.456. The first kappa shape index (κ1) is 19.0. The van der Waals surface area contributed by atoms with E-state index in [0.717, 1.165) is 51.9 Å². The van der Waals surface area contributed by atoms with Crippen molar-refractivity contribution in [1.82, 2.24) is 14.7 Å². The van der Waals surface area contributed by atoms with Crippen molar-refractivity contribution in [3.8, 4) is 0 Å². The van der Waals surface area contributed by atoms with E-state index in [9.17, 15) is 9.59 Å². The number of carbonyl (C=O) groups excluding carboxylic acids is 2. The first-order valence-corrected chi connectivity index (χ1v) is 9.10. The summed E-state index contributed by atoms with van der Waals surface area (Å²) >= 11 is 0. The average Bonchev–Trinajstić information content (AvgIpc) is 2.93. The van der Waals surface area contributed by atoms with E-state index in [0.29, 0.717) is 5.92 Å². The Balaban J connectivity index is 1.90. The lowest BCUT2D eigenvalue weighted by molar-refractivity contribution is -0.133. The van der Waals surface area contributed by atoms with Crippen molar-refractivity contribution >= 4 is 12.0 Å². The van der Waals surface area contributed by atoms with Crippen LogP contribution in [0.25, 0.3) is 0 Å². The molecule has 2 amide bonds. The van der Waals surface area contributed by atoms with Gasteiger partial charge in [-0.05, 0) is 58.9 Å². The van der Waals surface area contributed by atoms with Crippen molar-refractivity contribution < 1.29 is 14.3 Å². The molecule has 0 unspecified atom stereocenters. The van der Waals surface area contributed by atoms with Gasteiger partial charge in [-0.3, -0.25) is 9.69 Å². The number of rotatable bonds is 3. The third-order valence-corrected chi connectivity index (χ3v) is 4.75. The Labute approximate surface area is 146 Å². The lowest BCUT2D eigenvalue weighted by Crippen LogP contribution is -2.48. The number of likely N-dealkylation sites (N-methyl/N-ethyl adjacent to an activating group) is 1. The number of piperidine rings is 1. The molecule has 0 aromatic heterocycles. The summed E-state index contributed by atoms with van der Waals surface area (Å²) in [5, 5.41) is 0. The van der Waals surface area contributed by atoms with Crippen molar-refractivity contribution in [2.45, 2.75) is 58.1 Å². The fraction of sp³-hybridized carbons (Fsp3) is 0.889. The number of hydrogen-bond acceptors (Lipinski definition) is 4. The Morgan fingerprint density at radius 1 is 1.12 bits per heavy atom. The summed E-state index contributed by atoms with van der Waals surface area (Å²) in [5.74, 6) is 0.620. The summed E-state index contributed by atoms with van der Waals surface area (Å²) in [7, 11) is 3.65. The molecule has 0 aliphatic carbocycles. The second kappa shape index (κ2) is 7.72. The van der Waals surface area contributed by atoms with E-state index in [1.807, 2.05) is 39.8 Å². The van der Waals surface area contributed by atoms with E-state index >= 15 is 0 Å². The summed E-state index contributed by atoms with van der Waals surface area (Å²) in [4.78, 5) is 30.4. The van der Waals surface area contributed by atoms with Crippen LogP contribution in [-0.4, -0.2) is 78.6 Å². The Hall–Kier alpha value is -1.30. The molecule has 6 nitrogen and oxygen atoms in total. The first-order chi connectivity index (χ1) is 11.2. The zero-order valence-corrected chi connectivity index (χ0v) is 15.9. The maximum atomic E-state index is 12.3. The predicted octanol–water partition coefficient (Wildman–Crippen LogP) is 2.19. The summed E-state index contributed by atoms with van der Waals surface area (Å²) in [6, 6.07) is 0.0110. The Morgan fingerprint density at radius 3 is 2.42 bits per heavy atom. The van der Waals surface area contributed by atoms with Crippen LogP contribution >= 0.6 is 0 Å². The van der Waals surface area contributed by atoms with E-state index < -0.39 is 5.60 Å². The second-order valence-electron chi connectivity index (χ2n) is 8.32. The largest absolute Gasteiger partial charge is 0.444 e. The normalized spacial score (nSPS) is 25.6. The first-order valence-electron chi connectivity index (χ1n) is 9.10. The quantitative estimate of drug-likeness (QED) is 0.791. The molecule has 0 saturated carbocycles. The van der Waals surface area contributed by atoms with Crippen molar-refractivity contribution in [3.05, 3.63) is 0 Å². The summed E-state index contributed by atoms with van der Waals surface area (Å²) in [6.45, 7) is 9.06. The minimum Gasteiger partial charge on any atom is -0.444 e. The molecule has 0 spiro atoms. The monoisotopic (exact) mass is 339 g/mol. The number of nitrogens with zero attached hydrogens (tertiary/aromatic N) is 3. The zero-order chi connectivity index (χ0) is 17.9. The van der Waals surface area contributed by atoms with Gasteiger partial charge in [-0.2, -0.15) is 0 Å². The number of likely N-dealkylation sites (tertiary alicyclic amines) is 2. The lowest BCUT2D eigenvalue weighted by Gasteiger charge is -2.37. The lowest BCUT2D eigenvalue weighted by atomic mass is 9.97. The van der Waals surface area contributed by atoms with Gasteiger partial charge in [0.2, 0.25) is 5.91 Å². The van der Waals surface area contributed by atoms with Crippen molar-refractivity contribution in [2.24, 2.45) is 5.92 Å². The predicted molar refractivity (Wildman–Crippen MR) is 93.8 cm³/mol. The second-order valence-corrected chi connectivity index (χ2v) is 8.32. The van der Waals surface area contributed by atoms with Gasteiger partial charge in [-0.25, -0.2) is 4.79 Å². The Morgan fingerprint density at radius 2 is 1.79 bits per heavy atom. The molecule has 24 heavy (non-hydrogen) atoms. The van der Waals surface area contributed by atoms with E-state index in [2.05, 4.69) is 4.90 Å². The number of hydrogen-bond donors (Lipinski definition) is 0. The standard InChI is InChI=1S/C18H33N3O3/c1-18(2,3)24-17(23)21-11-6-8-14(13-21)12-20-10-7-9-15(20)16(22)19(4)5/h14-15H,6-13H2,1-5H3/t14-,15+/m1/s1. The zero-order valence-electron chi connectivity index (χ0n) is 15.9. The van der Waals surface area contributed by atoms with Crippen molar-refractivity contribution in [2.75, 3.05) is 40.3 Å². The van der Waals surface area contributed by atoms with Crippen LogP contribution in [0.3, 0.4) is 0 Å². The molecular formula is C18H33N3O3. The molecule has 138 valence electrons. The van der Waals surface area contributed by atoms with Gasteiger partial charge in [0.15, 0.2) is 0 Å². The molecule has 0 bridgehead atoms. The highest BCUT2D eigenvalue weighted by Crippen LogP contribution is 2.25. The maximum Gasteiger partial charge on any atom is 0.410 e. The molecule has 6 heteroatoms. The van der Waals surface area contributed by atoms with Gasteiger partial charge >= 0.3 is 6.09 Å². The van der Waals surface area contributed by atoms with Crippen LogP contribution in [0.4, 0.5) is 4.79 Å². The fourth-order valence-electron chi connectivity index (χ4n) is 3.66. The molecule has 2 aliphatic heterocycles. The minimum absolute atomic E-state index is 0.0110. The molecule has 2 heterocycles. The molecule has 0 radical (unpaired) electrons. The van der Waals surface area contributed by atoms with E-state index in [1.165, 1.54) is 0 Å². The maximum absolute atomic E-state index is 12.3. The highest BCUT2D eigenvalue weighted by Gasteiger charge is 2.35. The highest BCUT2D eigenvalue weighted by atomic mass is 16.6. The molecule has 2 atom stereocenters. The molecular weight excluding hydrogens is 306 g/mol. The van der Waals surface area contributed by atoms with Gasteiger partial charge < -0.3 is 14.5 Å². The van der Waals surface area contributed by atoms with Crippen LogP contribution in [0.15, 0.2) is 0 Å². The van der Waals surface area contributed by atoms with Crippen molar-refractivity contribution in [3.63, 3.8) is 0 Å². The van der Waals surface area contributed by atoms with E-state index in [4.69, 9.17) is 4.74 Å². The highest BCUT2D eigenvalue weighted by molar-refractivity contribution is 5.81. The number of amides is 2. The SMILES string of the molecule is CN(C)C(=O)[C@@H]1CCCN1C[C@H]1CCCN(C(=O)OC(C)(C)C)C1.